The second kappa shape index (κ2) is 5.31. The number of hydrogen-bond donors (Lipinski definition) is 1. The minimum Gasteiger partial charge on any atom is -0.454 e. The second-order valence-corrected chi connectivity index (χ2v) is 6.92. The van der Waals surface area contributed by atoms with Gasteiger partial charge in [0.25, 0.3) is 0 Å². The van der Waals surface area contributed by atoms with Gasteiger partial charge in [-0.15, -0.1) is 11.3 Å². The first kappa shape index (κ1) is 13.1. The molecule has 1 N–H and O–H groups in total. The number of fused-ring (bicyclic) bond motifs is 1. The van der Waals surface area contributed by atoms with Crippen LogP contribution in [0.2, 0.25) is 0 Å². The summed E-state index contributed by atoms with van der Waals surface area (Å²) >= 11 is 1.80. The Hall–Kier alpha value is -1.59. The lowest BCUT2D eigenvalue weighted by Crippen LogP contribution is -2.22. The monoisotopic (exact) mass is 302 g/mol. The molecule has 0 radical (unpaired) electrons. The number of hydrogen-bond acceptors (Lipinski definition) is 5. The number of thiazole rings is 1. The van der Waals surface area contributed by atoms with Gasteiger partial charge in [0.15, 0.2) is 11.5 Å². The molecule has 21 heavy (non-hydrogen) atoms. The van der Waals surface area contributed by atoms with Crippen molar-refractivity contribution in [2.24, 2.45) is 5.92 Å². The summed E-state index contributed by atoms with van der Waals surface area (Å²) in [6, 6.07) is 6.43. The molecule has 0 saturated heterocycles. The highest BCUT2D eigenvalue weighted by atomic mass is 32.1. The summed E-state index contributed by atoms with van der Waals surface area (Å²) in [7, 11) is 0. The lowest BCUT2D eigenvalue weighted by Gasteiger charge is -2.16. The zero-order chi connectivity index (χ0) is 14.2. The average molecular weight is 302 g/mol. The Balaban J connectivity index is 1.51. The molecule has 1 atom stereocenters. The highest BCUT2D eigenvalue weighted by Gasteiger charge is 2.34. The van der Waals surface area contributed by atoms with E-state index in [1.165, 1.54) is 22.7 Å². The van der Waals surface area contributed by atoms with E-state index in [0.29, 0.717) is 12.8 Å². The van der Waals surface area contributed by atoms with E-state index < -0.39 is 0 Å². The van der Waals surface area contributed by atoms with Crippen LogP contribution in [0, 0.1) is 12.8 Å². The molecule has 1 aromatic heterocycles. The Morgan fingerprint density at radius 3 is 3.05 bits per heavy atom. The van der Waals surface area contributed by atoms with Crippen molar-refractivity contribution in [3.8, 4) is 11.5 Å². The van der Waals surface area contributed by atoms with Gasteiger partial charge in [0, 0.05) is 23.2 Å². The molecular formula is C16H18N2O2S. The van der Waals surface area contributed by atoms with E-state index >= 15 is 0 Å². The third-order valence-electron chi connectivity index (χ3n) is 3.99. The maximum Gasteiger partial charge on any atom is 0.231 e. The molecule has 110 valence electrons. The molecule has 0 spiro atoms. The van der Waals surface area contributed by atoms with Crippen LogP contribution < -0.4 is 14.8 Å². The fourth-order valence-corrected chi connectivity index (χ4v) is 3.69. The highest BCUT2D eigenvalue weighted by molar-refractivity contribution is 7.11. The fraction of sp³-hybridized carbons (Fsp3) is 0.438. The van der Waals surface area contributed by atoms with Crippen LogP contribution in [0.15, 0.2) is 24.4 Å². The van der Waals surface area contributed by atoms with Gasteiger partial charge in [0.05, 0.1) is 6.04 Å². The predicted octanol–water partition coefficient (Wildman–Crippen LogP) is 3.42. The lowest BCUT2D eigenvalue weighted by atomic mass is 10.1. The van der Waals surface area contributed by atoms with Crippen molar-refractivity contribution in [3.05, 3.63) is 39.8 Å². The molecule has 1 aromatic carbocycles. The molecule has 2 heterocycles. The minimum atomic E-state index is 0.323. The van der Waals surface area contributed by atoms with Crippen LogP contribution in [-0.2, 0) is 6.54 Å². The molecule has 0 bridgehead atoms. The molecule has 1 aliphatic carbocycles. The number of aromatic nitrogens is 1. The summed E-state index contributed by atoms with van der Waals surface area (Å²) in [5.74, 6) is 2.46. The van der Waals surface area contributed by atoms with Crippen molar-refractivity contribution in [2.75, 3.05) is 6.79 Å². The number of rotatable bonds is 5. The SMILES string of the molecule is Cc1cnc(C(NCc2cccc3c2OCO3)C2CC2)s1. The Kier molecular flexibility index (Phi) is 3.31. The minimum absolute atomic E-state index is 0.323. The van der Waals surface area contributed by atoms with Crippen molar-refractivity contribution >= 4 is 11.3 Å². The molecule has 2 aliphatic rings. The molecule has 4 rings (SSSR count). The number of ether oxygens (including phenoxy) is 2. The zero-order valence-corrected chi connectivity index (χ0v) is 12.8. The van der Waals surface area contributed by atoms with Gasteiger partial charge in [-0.05, 0) is 31.7 Å². The van der Waals surface area contributed by atoms with E-state index in [-0.39, 0.29) is 0 Å². The molecule has 1 aliphatic heterocycles. The van der Waals surface area contributed by atoms with Gasteiger partial charge < -0.3 is 14.8 Å². The first-order chi connectivity index (χ1) is 10.3. The number of nitrogens with zero attached hydrogens (tertiary/aromatic N) is 1. The molecule has 0 amide bonds. The summed E-state index contributed by atoms with van der Waals surface area (Å²) < 4.78 is 11.0. The second-order valence-electron chi connectivity index (χ2n) is 5.66. The summed E-state index contributed by atoms with van der Waals surface area (Å²) in [4.78, 5) is 5.84. The molecule has 1 unspecified atom stereocenters. The maximum absolute atomic E-state index is 5.57. The summed E-state index contributed by atoms with van der Waals surface area (Å²) in [6.45, 7) is 3.22. The van der Waals surface area contributed by atoms with Gasteiger partial charge in [0.1, 0.15) is 5.01 Å². The standard InChI is InChI=1S/C16H18N2O2S/c1-10-7-18-16(21-10)14(11-5-6-11)17-8-12-3-2-4-13-15(12)20-9-19-13/h2-4,7,11,14,17H,5-6,8-9H2,1H3. The van der Waals surface area contributed by atoms with Gasteiger partial charge in [-0.2, -0.15) is 0 Å². The van der Waals surface area contributed by atoms with Gasteiger partial charge in [-0.25, -0.2) is 4.98 Å². The Morgan fingerprint density at radius 1 is 1.38 bits per heavy atom. The average Bonchev–Trinajstić information content (AvgIpc) is 3.04. The van der Waals surface area contributed by atoms with Crippen LogP contribution in [0.4, 0.5) is 0 Å². The topological polar surface area (TPSA) is 43.4 Å². The Bertz CT molecular complexity index is 651. The van der Waals surface area contributed by atoms with Crippen molar-refractivity contribution in [1.82, 2.24) is 10.3 Å². The quantitative estimate of drug-likeness (QED) is 0.919. The number of nitrogens with one attached hydrogen (secondary N) is 1. The van der Waals surface area contributed by atoms with Gasteiger partial charge in [0.2, 0.25) is 6.79 Å². The van der Waals surface area contributed by atoms with E-state index in [0.717, 1.165) is 29.5 Å². The molecule has 2 aromatic rings. The van der Waals surface area contributed by atoms with Crippen LogP contribution in [0.1, 0.15) is 34.3 Å². The van der Waals surface area contributed by atoms with E-state index in [2.05, 4.69) is 23.3 Å². The van der Waals surface area contributed by atoms with Crippen molar-refractivity contribution in [3.63, 3.8) is 0 Å². The fourth-order valence-electron chi connectivity index (χ4n) is 2.75. The van der Waals surface area contributed by atoms with Crippen LogP contribution in [-0.4, -0.2) is 11.8 Å². The molecule has 5 heteroatoms. The van der Waals surface area contributed by atoms with Crippen LogP contribution in [0.3, 0.4) is 0 Å². The summed E-state index contributed by atoms with van der Waals surface area (Å²) in [5.41, 5.74) is 1.16. The molecule has 4 nitrogen and oxygen atoms in total. The molecule has 1 fully saturated rings. The summed E-state index contributed by atoms with van der Waals surface area (Å²) in [5, 5.41) is 4.88. The lowest BCUT2D eigenvalue weighted by molar-refractivity contribution is 0.173. The number of benzene rings is 1. The third kappa shape index (κ3) is 2.63. The Labute approximate surface area is 128 Å². The third-order valence-corrected chi connectivity index (χ3v) is 4.99. The van der Waals surface area contributed by atoms with E-state index in [1.807, 2.05) is 18.3 Å². The van der Waals surface area contributed by atoms with E-state index in [4.69, 9.17) is 9.47 Å². The van der Waals surface area contributed by atoms with E-state index in [1.54, 1.807) is 11.3 Å². The highest BCUT2D eigenvalue weighted by Crippen LogP contribution is 2.43. The Morgan fingerprint density at radius 2 is 2.29 bits per heavy atom. The first-order valence-corrected chi connectivity index (χ1v) is 8.16. The van der Waals surface area contributed by atoms with Crippen LogP contribution in [0.5, 0.6) is 11.5 Å². The van der Waals surface area contributed by atoms with Crippen molar-refractivity contribution < 1.29 is 9.47 Å². The van der Waals surface area contributed by atoms with Crippen LogP contribution >= 0.6 is 11.3 Å². The number of aryl methyl sites for hydroxylation is 1. The van der Waals surface area contributed by atoms with Gasteiger partial charge >= 0.3 is 0 Å². The summed E-state index contributed by atoms with van der Waals surface area (Å²) in [6.07, 6.45) is 4.56. The zero-order valence-electron chi connectivity index (χ0n) is 12.0. The smallest absolute Gasteiger partial charge is 0.231 e. The first-order valence-electron chi connectivity index (χ1n) is 7.34. The maximum atomic E-state index is 5.57. The predicted molar refractivity (Wildman–Crippen MR) is 81.7 cm³/mol. The molecular weight excluding hydrogens is 284 g/mol. The number of para-hydroxylation sites is 1. The normalized spacial score (nSPS) is 18.0. The van der Waals surface area contributed by atoms with E-state index in [9.17, 15) is 0 Å². The van der Waals surface area contributed by atoms with Crippen molar-refractivity contribution in [2.45, 2.75) is 32.4 Å². The largest absolute Gasteiger partial charge is 0.454 e. The van der Waals surface area contributed by atoms with Crippen LogP contribution in [0.25, 0.3) is 0 Å². The van der Waals surface area contributed by atoms with Gasteiger partial charge in [-0.1, -0.05) is 12.1 Å². The molecule has 1 saturated carbocycles. The van der Waals surface area contributed by atoms with Crippen molar-refractivity contribution in [1.29, 1.82) is 0 Å². The van der Waals surface area contributed by atoms with Gasteiger partial charge in [-0.3, -0.25) is 0 Å².